The molecule has 0 aliphatic carbocycles. The molecule has 1 aliphatic rings. The Labute approximate surface area is 202 Å². The van der Waals surface area contributed by atoms with Crippen molar-refractivity contribution < 1.29 is 17.6 Å². The van der Waals surface area contributed by atoms with Crippen molar-refractivity contribution in [3.63, 3.8) is 0 Å². The summed E-state index contributed by atoms with van der Waals surface area (Å²) in [7, 11) is 0. The van der Waals surface area contributed by atoms with Crippen LogP contribution in [0.15, 0.2) is 94.9 Å². The summed E-state index contributed by atoms with van der Waals surface area (Å²) in [6.07, 6.45) is 0. The summed E-state index contributed by atoms with van der Waals surface area (Å²) < 4.78 is 55.7. The number of rotatable bonds is 4. The van der Waals surface area contributed by atoms with Gasteiger partial charge >= 0.3 is 0 Å². The Hall–Kier alpha value is -4.72. The van der Waals surface area contributed by atoms with E-state index in [-0.39, 0.29) is 11.4 Å². The van der Waals surface area contributed by atoms with Crippen LogP contribution in [0.4, 0.5) is 40.3 Å². The maximum Gasteiger partial charge on any atom is 0.128 e. The second-order valence-electron chi connectivity index (χ2n) is 8.27. The number of aromatic nitrogens is 1. The van der Waals surface area contributed by atoms with Crippen LogP contribution < -0.4 is 5.32 Å². The van der Waals surface area contributed by atoms with Gasteiger partial charge in [-0.05, 0) is 36.4 Å². The molecular weight excluding hydrogens is 468 g/mol. The highest BCUT2D eigenvalue weighted by molar-refractivity contribution is 6.58. The molecule has 4 nitrogen and oxygen atoms in total. The Morgan fingerprint density at radius 2 is 1.36 bits per heavy atom. The molecule has 36 heavy (non-hydrogen) atoms. The van der Waals surface area contributed by atoms with Crippen LogP contribution in [0.3, 0.4) is 0 Å². The van der Waals surface area contributed by atoms with E-state index in [1.54, 1.807) is 0 Å². The number of nitrogens with zero attached hydrogens (tertiary/aromatic N) is 2. The lowest BCUT2D eigenvalue weighted by atomic mass is 10.0. The van der Waals surface area contributed by atoms with E-state index < -0.39 is 23.3 Å². The van der Waals surface area contributed by atoms with E-state index in [1.165, 1.54) is 12.1 Å². The molecule has 5 aromatic rings. The number of fused-ring (bicyclic) bond motifs is 2. The standard InChI is InChI=1S/C28H16F4N4/c29-15-9-16(30)12-19(11-15)33-25-21-5-1-3-7-23(21)35-27(25)28-26(22-6-2-4-8-24(22)36-28)34-20-13-17(31)10-18(32)14-20/h1-14,33,35H. The van der Waals surface area contributed by atoms with Gasteiger partial charge in [0.15, 0.2) is 0 Å². The van der Waals surface area contributed by atoms with Crippen LogP contribution in [-0.2, 0) is 0 Å². The van der Waals surface area contributed by atoms with Crippen LogP contribution in [0.2, 0.25) is 0 Å². The van der Waals surface area contributed by atoms with Crippen molar-refractivity contribution in [1.29, 1.82) is 0 Å². The molecule has 1 aromatic heterocycles. The van der Waals surface area contributed by atoms with E-state index in [0.717, 1.165) is 35.2 Å². The van der Waals surface area contributed by atoms with Crippen LogP contribution in [0.1, 0.15) is 11.3 Å². The first kappa shape index (κ1) is 21.8. The molecular formula is C28H16F4N4. The number of halogens is 4. The van der Waals surface area contributed by atoms with Crippen molar-refractivity contribution in [2.45, 2.75) is 0 Å². The normalized spacial score (nSPS) is 13.8. The lowest BCUT2D eigenvalue weighted by Gasteiger charge is -2.10. The van der Waals surface area contributed by atoms with Gasteiger partial charge in [-0.3, -0.25) is 0 Å². The fraction of sp³-hybridized carbons (Fsp3) is 0. The average Bonchev–Trinajstić information content (AvgIpc) is 3.36. The van der Waals surface area contributed by atoms with Crippen LogP contribution in [0.25, 0.3) is 10.9 Å². The summed E-state index contributed by atoms with van der Waals surface area (Å²) in [5.74, 6) is -2.94. The first-order valence-corrected chi connectivity index (χ1v) is 11.0. The first-order chi connectivity index (χ1) is 17.4. The van der Waals surface area contributed by atoms with Crippen LogP contribution in [-0.4, -0.2) is 16.4 Å². The summed E-state index contributed by atoms with van der Waals surface area (Å²) in [6.45, 7) is 0. The fourth-order valence-electron chi connectivity index (χ4n) is 4.31. The highest BCUT2D eigenvalue weighted by Crippen LogP contribution is 2.37. The molecule has 2 heterocycles. The molecule has 0 atom stereocenters. The Bertz CT molecular complexity index is 1680. The molecule has 0 unspecified atom stereocenters. The van der Waals surface area contributed by atoms with Crippen molar-refractivity contribution in [1.82, 2.24) is 4.98 Å². The molecule has 0 bridgehead atoms. The molecule has 176 valence electrons. The predicted octanol–water partition coefficient (Wildman–Crippen LogP) is 7.72. The van der Waals surface area contributed by atoms with Crippen molar-refractivity contribution in [2.75, 3.05) is 5.32 Å². The zero-order chi connectivity index (χ0) is 24.8. The Balaban J connectivity index is 1.56. The van der Waals surface area contributed by atoms with Crippen molar-refractivity contribution in [2.24, 2.45) is 9.98 Å². The smallest absolute Gasteiger partial charge is 0.128 e. The largest absolute Gasteiger partial charge is 0.353 e. The van der Waals surface area contributed by atoms with Crippen LogP contribution >= 0.6 is 0 Å². The number of H-pyrrole nitrogens is 1. The number of para-hydroxylation sites is 2. The molecule has 8 heteroatoms. The van der Waals surface area contributed by atoms with Crippen molar-refractivity contribution >= 4 is 45.1 Å². The second kappa shape index (κ2) is 8.49. The molecule has 0 spiro atoms. The molecule has 6 rings (SSSR count). The molecule has 0 radical (unpaired) electrons. The Morgan fingerprint density at radius 3 is 2.11 bits per heavy atom. The van der Waals surface area contributed by atoms with Gasteiger partial charge in [0.05, 0.1) is 22.8 Å². The summed E-state index contributed by atoms with van der Waals surface area (Å²) in [5, 5.41) is 3.87. The quantitative estimate of drug-likeness (QED) is 0.252. The number of anilines is 2. The lowest BCUT2D eigenvalue weighted by molar-refractivity contribution is 0.583. The summed E-state index contributed by atoms with van der Waals surface area (Å²) in [6, 6.07) is 20.9. The SMILES string of the molecule is Fc1cc(F)cc(N=C2C(c3[nH]c4ccccc4c3Nc3cc(F)cc(F)c3)=Nc3ccccc32)c1. The number of hydrogen-bond acceptors (Lipinski definition) is 3. The minimum atomic E-state index is -0.750. The highest BCUT2D eigenvalue weighted by Gasteiger charge is 2.28. The van der Waals surface area contributed by atoms with Gasteiger partial charge < -0.3 is 10.3 Å². The van der Waals surface area contributed by atoms with Gasteiger partial charge in [-0.25, -0.2) is 27.5 Å². The van der Waals surface area contributed by atoms with Gasteiger partial charge in [0.25, 0.3) is 0 Å². The van der Waals surface area contributed by atoms with E-state index >= 15 is 0 Å². The molecule has 2 N–H and O–H groups in total. The van der Waals surface area contributed by atoms with Crippen LogP contribution in [0.5, 0.6) is 0 Å². The number of aromatic amines is 1. The maximum absolute atomic E-state index is 13.9. The highest BCUT2D eigenvalue weighted by atomic mass is 19.1. The Morgan fingerprint density at radius 1 is 0.722 bits per heavy atom. The van der Waals surface area contributed by atoms with Gasteiger partial charge in [-0.15, -0.1) is 0 Å². The zero-order valence-electron chi connectivity index (χ0n) is 18.5. The molecule has 0 saturated carbocycles. The monoisotopic (exact) mass is 484 g/mol. The van der Waals surface area contributed by atoms with Gasteiger partial charge in [-0.2, -0.15) is 0 Å². The lowest BCUT2D eigenvalue weighted by Crippen LogP contribution is -2.14. The summed E-state index contributed by atoms with van der Waals surface area (Å²) >= 11 is 0. The van der Waals surface area contributed by atoms with Gasteiger partial charge in [0, 0.05) is 34.3 Å². The molecule has 4 aromatic carbocycles. The zero-order valence-corrected chi connectivity index (χ0v) is 18.5. The summed E-state index contributed by atoms with van der Waals surface area (Å²) in [4.78, 5) is 12.6. The fourth-order valence-corrected chi connectivity index (χ4v) is 4.31. The average molecular weight is 484 g/mol. The van der Waals surface area contributed by atoms with E-state index in [9.17, 15) is 17.6 Å². The minimum absolute atomic E-state index is 0.0877. The molecule has 0 saturated heterocycles. The minimum Gasteiger partial charge on any atom is -0.353 e. The predicted molar refractivity (Wildman–Crippen MR) is 133 cm³/mol. The number of benzene rings is 4. The topological polar surface area (TPSA) is 52.5 Å². The van der Waals surface area contributed by atoms with Gasteiger partial charge in [0.1, 0.15) is 34.7 Å². The Kier molecular flexibility index (Phi) is 5.14. The molecule has 0 amide bonds. The van der Waals surface area contributed by atoms with Crippen molar-refractivity contribution in [3.05, 3.63) is 119 Å². The number of aliphatic imine (C=N–C) groups is 2. The first-order valence-electron chi connectivity index (χ1n) is 11.0. The number of hydrogen-bond donors (Lipinski definition) is 2. The second-order valence-corrected chi connectivity index (χ2v) is 8.27. The molecule has 1 aliphatic heterocycles. The molecule has 0 fully saturated rings. The third-order valence-electron chi connectivity index (χ3n) is 5.78. The third-order valence-corrected chi connectivity index (χ3v) is 5.78. The van der Waals surface area contributed by atoms with E-state index in [1.807, 2.05) is 48.5 Å². The van der Waals surface area contributed by atoms with E-state index in [0.29, 0.717) is 34.1 Å². The van der Waals surface area contributed by atoms with Gasteiger partial charge in [0.2, 0.25) is 0 Å². The maximum atomic E-state index is 13.9. The van der Waals surface area contributed by atoms with Crippen molar-refractivity contribution in [3.8, 4) is 0 Å². The number of nitrogens with one attached hydrogen (secondary N) is 2. The van der Waals surface area contributed by atoms with Crippen LogP contribution in [0, 0.1) is 23.3 Å². The third kappa shape index (κ3) is 3.92. The van der Waals surface area contributed by atoms with E-state index in [4.69, 9.17) is 4.99 Å². The van der Waals surface area contributed by atoms with Gasteiger partial charge in [-0.1, -0.05) is 36.4 Å². The summed E-state index contributed by atoms with van der Waals surface area (Å²) in [5.41, 5.74) is 4.20. The van der Waals surface area contributed by atoms with E-state index in [2.05, 4.69) is 15.3 Å².